The van der Waals surface area contributed by atoms with E-state index in [1.165, 1.54) is 12.3 Å². The Bertz CT molecular complexity index is 476. The summed E-state index contributed by atoms with van der Waals surface area (Å²) in [6.45, 7) is 4.23. The predicted octanol–water partition coefficient (Wildman–Crippen LogP) is 0.152. The maximum Gasteiger partial charge on any atom is 0.341 e. The van der Waals surface area contributed by atoms with Crippen molar-refractivity contribution in [3.8, 4) is 0 Å². The molecule has 0 spiro atoms. The number of primary amides is 1. The fourth-order valence-corrected chi connectivity index (χ4v) is 1.61. The van der Waals surface area contributed by atoms with Gasteiger partial charge in [-0.15, -0.1) is 0 Å². The van der Waals surface area contributed by atoms with E-state index >= 15 is 0 Å². The van der Waals surface area contributed by atoms with Crippen molar-refractivity contribution in [3.05, 3.63) is 17.8 Å². The highest BCUT2D eigenvalue weighted by molar-refractivity contribution is 5.96. The van der Waals surface area contributed by atoms with Crippen LogP contribution >= 0.6 is 0 Å². The quantitative estimate of drug-likeness (QED) is 0.709. The van der Waals surface area contributed by atoms with Crippen LogP contribution < -0.4 is 16.4 Å². The van der Waals surface area contributed by atoms with Gasteiger partial charge in [-0.25, -0.2) is 9.78 Å². The minimum absolute atomic E-state index is 0.0280. The van der Waals surface area contributed by atoms with Crippen molar-refractivity contribution in [1.82, 2.24) is 4.98 Å². The third kappa shape index (κ3) is 3.84. The molecule has 0 saturated heterocycles. The zero-order chi connectivity index (χ0) is 14.4. The molecule has 0 unspecified atom stereocenters. The van der Waals surface area contributed by atoms with Crippen LogP contribution in [0.1, 0.15) is 24.2 Å². The van der Waals surface area contributed by atoms with Crippen LogP contribution in [0.5, 0.6) is 0 Å². The number of rotatable bonds is 6. The van der Waals surface area contributed by atoms with E-state index in [1.807, 2.05) is 6.92 Å². The van der Waals surface area contributed by atoms with Crippen LogP contribution in [-0.2, 0) is 9.53 Å². The Morgan fingerprint density at radius 3 is 2.63 bits per heavy atom. The van der Waals surface area contributed by atoms with Crippen LogP contribution in [0.15, 0.2) is 12.3 Å². The smallest absolute Gasteiger partial charge is 0.341 e. The topological polar surface area (TPSA) is 112 Å². The molecule has 0 aromatic carbocycles. The second-order valence-corrected chi connectivity index (χ2v) is 3.84. The van der Waals surface area contributed by atoms with Crippen molar-refractivity contribution in [2.75, 3.05) is 30.3 Å². The van der Waals surface area contributed by atoms with Crippen LogP contribution in [0.2, 0.25) is 0 Å². The molecule has 4 N–H and O–H groups in total. The van der Waals surface area contributed by atoms with Crippen molar-refractivity contribution in [3.63, 3.8) is 0 Å². The van der Waals surface area contributed by atoms with Gasteiger partial charge < -0.3 is 21.1 Å². The number of carbonyl (C=O) groups is 2. The van der Waals surface area contributed by atoms with Gasteiger partial charge in [0, 0.05) is 6.54 Å². The normalized spacial score (nSPS) is 10.0. The van der Waals surface area contributed by atoms with Gasteiger partial charge in [0.15, 0.2) is 0 Å². The van der Waals surface area contributed by atoms with Gasteiger partial charge >= 0.3 is 5.97 Å². The van der Waals surface area contributed by atoms with E-state index in [0.717, 1.165) is 0 Å². The molecule has 0 aliphatic rings. The lowest BCUT2D eigenvalue weighted by Gasteiger charge is -2.22. The van der Waals surface area contributed by atoms with E-state index in [1.54, 1.807) is 11.8 Å². The Labute approximate surface area is 111 Å². The van der Waals surface area contributed by atoms with E-state index in [-0.39, 0.29) is 18.7 Å². The van der Waals surface area contributed by atoms with Crippen LogP contribution in [0, 0.1) is 0 Å². The number of hydrogen-bond acceptors (Lipinski definition) is 6. The minimum Gasteiger partial charge on any atom is -0.462 e. The second kappa shape index (κ2) is 6.58. The molecule has 0 atom stereocenters. The largest absolute Gasteiger partial charge is 0.462 e. The number of pyridine rings is 1. The maximum absolute atomic E-state index is 11.9. The molecule has 0 aliphatic heterocycles. The molecule has 19 heavy (non-hydrogen) atoms. The highest BCUT2D eigenvalue weighted by Gasteiger charge is 2.19. The number of esters is 1. The van der Waals surface area contributed by atoms with Gasteiger partial charge in [-0.05, 0) is 19.9 Å². The highest BCUT2D eigenvalue weighted by Crippen LogP contribution is 2.20. The maximum atomic E-state index is 11.9. The van der Waals surface area contributed by atoms with Crippen LogP contribution in [-0.4, -0.2) is 36.6 Å². The number of hydrogen-bond donors (Lipinski definition) is 2. The number of likely N-dealkylation sites (N-methyl/N-ethyl adjacent to an activating group) is 1. The molecule has 1 heterocycles. The third-order valence-electron chi connectivity index (χ3n) is 2.41. The zero-order valence-corrected chi connectivity index (χ0v) is 11.0. The van der Waals surface area contributed by atoms with Crippen molar-refractivity contribution >= 4 is 23.4 Å². The van der Waals surface area contributed by atoms with E-state index in [9.17, 15) is 9.59 Å². The Hall–Kier alpha value is -2.31. The van der Waals surface area contributed by atoms with Gasteiger partial charge in [-0.1, -0.05) is 0 Å². The van der Waals surface area contributed by atoms with Gasteiger partial charge in [0.2, 0.25) is 5.91 Å². The Morgan fingerprint density at radius 1 is 1.42 bits per heavy atom. The lowest BCUT2D eigenvalue weighted by molar-refractivity contribution is -0.116. The van der Waals surface area contributed by atoms with Crippen LogP contribution in [0.3, 0.4) is 0 Å². The second-order valence-electron chi connectivity index (χ2n) is 3.84. The van der Waals surface area contributed by atoms with Crippen molar-refractivity contribution in [2.24, 2.45) is 5.73 Å². The first-order valence-electron chi connectivity index (χ1n) is 5.95. The lowest BCUT2D eigenvalue weighted by atomic mass is 10.2. The van der Waals surface area contributed by atoms with Gasteiger partial charge in [0.1, 0.15) is 11.4 Å². The number of aromatic nitrogens is 1. The summed E-state index contributed by atoms with van der Waals surface area (Å²) in [5, 5.41) is 0. The molecule has 0 saturated carbocycles. The van der Waals surface area contributed by atoms with E-state index < -0.39 is 11.9 Å². The van der Waals surface area contributed by atoms with Crippen LogP contribution in [0.25, 0.3) is 0 Å². The number of ether oxygens (including phenoxy) is 1. The fraction of sp³-hybridized carbons (Fsp3) is 0.417. The Morgan fingerprint density at radius 2 is 2.11 bits per heavy atom. The molecule has 7 heteroatoms. The van der Waals surface area contributed by atoms with E-state index in [2.05, 4.69) is 4.98 Å². The fourth-order valence-electron chi connectivity index (χ4n) is 1.61. The van der Waals surface area contributed by atoms with Crippen molar-refractivity contribution in [1.29, 1.82) is 0 Å². The van der Waals surface area contributed by atoms with Crippen molar-refractivity contribution in [2.45, 2.75) is 13.8 Å². The van der Waals surface area contributed by atoms with Gasteiger partial charge in [0.25, 0.3) is 0 Å². The molecular weight excluding hydrogens is 248 g/mol. The molecule has 0 bridgehead atoms. The summed E-state index contributed by atoms with van der Waals surface area (Å²) in [6.07, 6.45) is 1.42. The summed E-state index contributed by atoms with van der Waals surface area (Å²) in [5.74, 6) is -0.690. The standard InChI is InChI=1S/C12H18N4O3/c1-3-16(7-10(14)17)11-9(12(18)19-4-2)5-8(13)6-15-11/h5-6H,3-4,7,13H2,1-2H3,(H2,14,17). The molecular formula is C12H18N4O3. The molecule has 104 valence electrons. The summed E-state index contributed by atoms with van der Waals surface area (Å²) in [6, 6.07) is 1.48. The summed E-state index contributed by atoms with van der Waals surface area (Å²) in [7, 11) is 0. The van der Waals surface area contributed by atoms with Gasteiger partial charge in [0.05, 0.1) is 25.0 Å². The molecule has 0 radical (unpaired) electrons. The van der Waals surface area contributed by atoms with Gasteiger partial charge in [-0.3, -0.25) is 4.79 Å². The molecule has 1 aromatic heterocycles. The average molecular weight is 266 g/mol. The molecule has 0 aliphatic carbocycles. The predicted molar refractivity (Wildman–Crippen MR) is 71.7 cm³/mol. The molecule has 1 amide bonds. The molecule has 1 rings (SSSR count). The monoisotopic (exact) mass is 266 g/mol. The summed E-state index contributed by atoms with van der Waals surface area (Å²) in [4.78, 5) is 28.6. The van der Waals surface area contributed by atoms with Gasteiger partial charge in [-0.2, -0.15) is 0 Å². The number of nitrogens with two attached hydrogens (primary N) is 2. The molecule has 0 fully saturated rings. The molecule has 1 aromatic rings. The number of anilines is 2. The number of amides is 1. The first kappa shape index (κ1) is 14.7. The Kier molecular flexibility index (Phi) is 5.11. The number of nitrogen functional groups attached to an aromatic ring is 1. The number of carbonyl (C=O) groups excluding carboxylic acids is 2. The first-order chi connectivity index (χ1) is 8.99. The average Bonchev–Trinajstić information content (AvgIpc) is 2.36. The van der Waals surface area contributed by atoms with Crippen molar-refractivity contribution < 1.29 is 14.3 Å². The molecule has 7 nitrogen and oxygen atoms in total. The summed E-state index contributed by atoms with van der Waals surface area (Å²) >= 11 is 0. The summed E-state index contributed by atoms with van der Waals surface area (Å²) < 4.78 is 4.95. The Balaban J connectivity index is 3.17. The van der Waals surface area contributed by atoms with E-state index in [0.29, 0.717) is 18.1 Å². The number of nitrogens with zero attached hydrogens (tertiary/aromatic N) is 2. The highest BCUT2D eigenvalue weighted by atomic mass is 16.5. The third-order valence-corrected chi connectivity index (χ3v) is 2.41. The SMILES string of the molecule is CCOC(=O)c1cc(N)cnc1N(CC)CC(N)=O. The van der Waals surface area contributed by atoms with E-state index in [4.69, 9.17) is 16.2 Å². The first-order valence-corrected chi connectivity index (χ1v) is 5.95. The lowest BCUT2D eigenvalue weighted by Crippen LogP contribution is -2.35. The van der Waals surface area contributed by atoms with Crippen LogP contribution in [0.4, 0.5) is 11.5 Å². The minimum atomic E-state index is -0.528. The summed E-state index contributed by atoms with van der Waals surface area (Å²) in [5.41, 5.74) is 11.4. The zero-order valence-electron chi connectivity index (χ0n) is 11.0.